The van der Waals surface area contributed by atoms with Crippen LogP contribution in [-0.4, -0.2) is 36.1 Å². The standard InChI is InChI=1S/C14H14N4S/c15-10-12(11-16)14(19)18-8-6-17(7-9-18)13-4-2-1-3-5-13/h1-5,12H,6-9H2. The summed E-state index contributed by atoms with van der Waals surface area (Å²) in [6.45, 7) is 3.22. The van der Waals surface area contributed by atoms with Crippen LogP contribution in [0.15, 0.2) is 30.3 Å². The van der Waals surface area contributed by atoms with Gasteiger partial charge < -0.3 is 9.80 Å². The van der Waals surface area contributed by atoms with Crippen molar-refractivity contribution in [3.8, 4) is 12.1 Å². The molecule has 0 atom stereocenters. The molecule has 0 aliphatic carbocycles. The third-order valence-corrected chi connectivity index (χ3v) is 3.71. The number of rotatable bonds is 2. The molecule has 2 rings (SSSR count). The van der Waals surface area contributed by atoms with E-state index in [9.17, 15) is 0 Å². The van der Waals surface area contributed by atoms with E-state index in [1.54, 1.807) is 0 Å². The molecule has 1 aliphatic heterocycles. The second-order valence-corrected chi connectivity index (χ2v) is 4.76. The Morgan fingerprint density at radius 3 is 2.16 bits per heavy atom. The monoisotopic (exact) mass is 270 g/mol. The van der Waals surface area contributed by atoms with Crippen molar-refractivity contribution in [1.29, 1.82) is 10.5 Å². The lowest BCUT2D eigenvalue weighted by Crippen LogP contribution is -2.49. The van der Waals surface area contributed by atoms with Gasteiger partial charge in [0.1, 0.15) is 4.99 Å². The van der Waals surface area contributed by atoms with Gasteiger partial charge in [0.25, 0.3) is 0 Å². The Morgan fingerprint density at radius 1 is 1.05 bits per heavy atom. The van der Waals surface area contributed by atoms with Crippen LogP contribution in [0, 0.1) is 28.6 Å². The molecule has 0 amide bonds. The molecule has 5 heteroatoms. The van der Waals surface area contributed by atoms with Gasteiger partial charge in [0.15, 0.2) is 5.92 Å². The van der Waals surface area contributed by atoms with Crippen LogP contribution in [0.5, 0.6) is 0 Å². The normalized spacial score (nSPS) is 14.9. The van der Waals surface area contributed by atoms with Crippen molar-refractivity contribution in [1.82, 2.24) is 4.90 Å². The molecule has 1 aromatic carbocycles. The largest absolute Gasteiger partial charge is 0.368 e. The summed E-state index contributed by atoms with van der Waals surface area (Å²) in [7, 11) is 0. The summed E-state index contributed by atoms with van der Waals surface area (Å²) in [5.41, 5.74) is 1.20. The van der Waals surface area contributed by atoms with E-state index in [1.807, 2.05) is 35.2 Å². The summed E-state index contributed by atoms with van der Waals surface area (Å²) >= 11 is 5.21. The average Bonchev–Trinajstić information content (AvgIpc) is 2.49. The first-order valence-corrected chi connectivity index (χ1v) is 6.55. The molecule has 19 heavy (non-hydrogen) atoms. The lowest BCUT2D eigenvalue weighted by molar-refractivity contribution is 0.384. The smallest absolute Gasteiger partial charge is 0.183 e. The quantitative estimate of drug-likeness (QED) is 0.767. The summed E-state index contributed by atoms with van der Waals surface area (Å²) in [4.78, 5) is 4.70. The molecule has 0 aromatic heterocycles. The molecule has 4 nitrogen and oxygen atoms in total. The van der Waals surface area contributed by atoms with E-state index < -0.39 is 5.92 Å². The van der Waals surface area contributed by atoms with Crippen LogP contribution < -0.4 is 4.90 Å². The van der Waals surface area contributed by atoms with Crippen LogP contribution in [0.4, 0.5) is 5.69 Å². The highest BCUT2D eigenvalue weighted by atomic mass is 32.1. The summed E-state index contributed by atoms with van der Waals surface area (Å²) in [5, 5.41) is 17.7. The van der Waals surface area contributed by atoms with Gasteiger partial charge >= 0.3 is 0 Å². The average molecular weight is 270 g/mol. The number of para-hydroxylation sites is 1. The molecule has 1 fully saturated rings. The number of piperazine rings is 1. The zero-order chi connectivity index (χ0) is 13.7. The zero-order valence-corrected chi connectivity index (χ0v) is 11.3. The van der Waals surface area contributed by atoms with E-state index >= 15 is 0 Å². The van der Waals surface area contributed by atoms with E-state index in [4.69, 9.17) is 22.7 Å². The molecule has 1 saturated heterocycles. The van der Waals surface area contributed by atoms with Gasteiger partial charge in [0.2, 0.25) is 0 Å². The molecule has 96 valence electrons. The van der Waals surface area contributed by atoms with Crippen LogP contribution in [0.3, 0.4) is 0 Å². The van der Waals surface area contributed by atoms with Crippen molar-refractivity contribution in [2.75, 3.05) is 31.1 Å². The number of anilines is 1. The zero-order valence-electron chi connectivity index (χ0n) is 10.5. The summed E-state index contributed by atoms with van der Waals surface area (Å²) in [6.07, 6.45) is 0. The molecule has 0 radical (unpaired) electrons. The highest BCUT2D eigenvalue weighted by molar-refractivity contribution is 7.80. The second kappa shape index (κ2) is 6.17. The topological polar surface area (TPSA) is 54.1 Å². The van der Waals surface area contributed by atoms with Crippen molar-refractivity contribution < 1.29 is 0 Å². The van der Waals surface area contributed by atoms with Crippen LogP contribution in [0.2, 0.25) is 0 Å². The lowest BCUT2D eigenvalue weighted by Gasteiger charge is -2.37. The molecule has 0 saturated carbocycles. The lowest BCUT2D eigenvalue weighted by atomic mass is 10.1. The van der Waals surface area contributed by atoms with E-state index in [1.165, 1.54) is 5.69 Å². The predicted molar refractivity (Wildman–Crippen MR) is 77.5 cm³/mol. The van der Waals surface area contributed by atoms with Crippen molar-refractivity contribution >= 4 is 22.9 Å². The Bertz CT molecular complexity index is 507. The number of nitriles is 2. The maximum Gasteiger partial charge on any atom is 0.183 e. The molecule has 0 N–H and O–H groups in total. The fraction of sp³-hybridized carbons (Fsp3) is 0.357. The fourth-order valence-electron chi connectivity index (χ4n) is 2.15. The second-order valence-electron chi connectivity index (χ2n) is 4.34. The van der Waals surface area contributed by atoms with Gasteiger partial charge in [-0.2, -0.15) is 10.5 Å². The predicted octanol–water partition coefficient (Wildman–Crippen LogP) is 1.80. The molecule has 0 bridgehead atoms. The van der Waals surface area contributed by atoms with E-state index in [-0.39, 0.29) is 0 Å². The number of nitrogens with zero attached hydrogens (tertiary/aromatic N) is 4. The minimum atomic E-state index is -0.807. The maximum atomic E-state index is 8.86. The number of thiocarbonyl (C=S) groups is 1. The van der Waals surface area contributed by atoms with Gasteiger partial charge in [-0.15, -0.1) is 0 Å². The molecule has 0 spiro atoms. The van der Waals surface area contributed by atoms with Gasteiger partial charge in [0, 0.05) is 31.9 Å². The molecule has 1 heterocycles. The molecular formula is C14H14N4S. The van der Waals surface area contributed by atoms with Crippen LogP contribution in [0.1, 0.15) is 0 Å². The minimum absolute atomic E-state index is 0.456. The highest BCUT2D eigenvalue weighted by Crippen LogP contribution is 2.16. The van der Waals surface area contributed by atoms with E-state index in [0.717, 1.165) is 26.2 Å². The fourth-order valence-corrected chi connectivity index (χ4v) is 2.43. The third-order valence-electron chi connectivity index (χ3n) is 3.22. The van der Waals surface area contributed by atoms with E-state index in [0.29, 0.717) is 4.99 Å². The Labute approximate surface area is 118 Å². The van der Waals surface area contributed by atoms with Gasteiger partial charge in [-0.05, 0) is 12.1 Å². The first-order valence-electron chi connectivity index (χ1n) is 6.14. The molecule has 1 aliphatic rings. The minimum Gasteiger partial charge on any atom is -0.368 e. The summed E-state index contributed by atoms with van der Waals surface area (Å²) < 4.78 is 0. The van der Waals surface area contributed by atoms with Gasteiger partial charge in [-0.25, -0.2) is 0 Å². The molecule has 1 aromatic rings. The number of hydrogen-bond acceptors (Lipinski definition) is 4. The Kier molecular flexibility index (Phi) is 4.33. The van der Waals surface area contributed by atoms with Crippen LogP contribution in [0.25, 0.3) is 0 Å². The van der Waals surface area contributed by atoms with E-state index in [2.05, 4.69) is 17.0 Å². The number of benzene rings is 1. The van der Waals surface area contributed by atoms with Crippen molar-refractivity contribution in [2.24, 2.45) is 5.92 Å². The summed E-state index contributed by atoms with van der Waals surface area (Å²) in [5.74, 6) is -0.807. The molecular weight excluding hydrogens is 256 g/mol. The van der Waals surface area contributed by atoms with Gasteiger partial charge in [-0.3, -0.25) is 0 Å². The first-order chi connectivity index (χ1) is 9.26. The molecule has 0 unspecified atom stereocenters. The SMILES string of the molecule is N#CC(C#N)C(=S)N1CCN(c2ccccc2)CC1. The summed E-state index contributed by atoms with van der Waals surface area (Å²) in [6, 6.07) is 14.1. The maximum absolute atomic E-state index is 8.86. The Hall–Kier alpha value is -2.11. The highest BCUT2D eigenvalue weighted by Gasteiger charge is 2.24. The van der Waals surface area contributed by atoms with Crippen molar-refractivity contribution in [3.05, 3.63) is 30.3 Å². The third kappa shape index (κ3) is 3.01. The van der Waals surface area contributed by atoms with Crippen LogP contribution >= 0.6 is 12.2 Å². The first kappa shape index (κ1) is 13.3. The Balaban J connectivity index is 1.95. The van der Waals surface area contributed by atoms with Crippen molar-refractivity contribution in [2.45, 2.75) is 0 Å². The van der Waals surface area contributed by atoms with Crippen LogP contribution in [-0.2, 0) is 0 Å². The Morgan fingerprint density at radius 2 is 1.63 bits per heavy atom. The van der Waals surface area contributed by atoms with Gasteiger partial charge in [-0.1, -0.05) is 30.4 Å². The van der Waals surface area contributed by atoms with Gasteiger partial charge in [0.05, 0.1) is 12.1 Å². The van der Waals surface area contributed by atoms with Crippen molar-refractivity contribution in [3.63, 3.8) is 0 Å². The number of hydrogen-bond donors (Lipinski definition) is 0.